The fourth-order valence-electron chi connectivity index (χ4n) is 2.94. The van der Waals surface area contributed by atoms with E-state index in [0.717, 1.165) is 17.1 Å². The Morgan fingerprint density at radius 2 is 1.86 bits per heavy atom. The van der Waals surface area contributed by atoms with Gasteiger partial charge >= 0.3 is 0 Å². The van der Waals surface area contributed by atoms with E-state index in [0.29, 0.717) is 23.8 Å². The van der Waals surface area contributed by atoms with E-state index in [1.807, 2.05) is 0 Å². The number of halogens is 1. The van der Waals surface area contributed by atoms with E-state index in [1.54, 1.807) is 29.2 Å². The zero-order valence-corrected chi connectivity index (χ0v) is 16.9. The molecule has 2 amide bonds. The topological polar surface area (TPSA) is 103 Å². The third kappa shape index (κ3) is 4.54. The molecule has 1 fully saturated rings. The summed E-state index contributed by atoms with van der Waals surface area (Å²) in [4.78, 5) is 28.9. The van der Waals surface area contributed by atoms with Crippen LogP contribution in [-0.4, -0.2) is 61.1 Å². The molecular formula is C18H21ClN4O4S. The van der Waals surface area contributed by atoms with Gasteiger partial charge in [0, 0.05) is 37.0 Å². The van der Waals surface area contributed by atoms with Gasteiger partial charge in [-0.3, -0.25) is 9.59 Å². The molecule has 1 aromatic heterocycles. The summed E-state index contributed by atoms with van der Waals surface area (Å²) in [5, 5.41) is 3.14. The molecule has 2 aromatic rings. The fourth-order valence-corrected chi connectivity index (χ4v) is 4.19. The van der Waals surface area contributed by atoms with Crippen LogP contribution in [0.4, 0.5) is 5.69 Å². The maximum atomic E-state index is 12.7. The van der Waals surface area contributed by atoms with Gasteiger partial charge in [-0.25, -0.2) is 8.42 Å². The minimum Gasteiger partial charge on any atom is -0.356 e. The minimum atomic E-state index is -3.92. The van der Waals surface area contributed by atoms with Gasteiger partial charge in [0.1, 0.15) is 10.6 Å². The van der Waals surface area contributed by atoms with Gasteiger partial charge in [0.25, 0.3) is 5.91 Å². The highest BCUT2D eigenvalue weighted by molar-refractivity contribution is 7.89. The summed E-state index contributed by atoms with van der Waals surface area (Å²) >= 11 is 5.80. The lowest BCUT2D eigenvalue weighted by Crippen LogP contribution is -2.34. The van der Waals surface area contributed by atoms with Gasteiger partial charge in [-0.05, 0) is 43.2 Å². The second kappa shape index (κ2) is 8.34. The zero-order chi connectivity index (χ0) is 20.3. The molecule has 8 nitrogen and oxygen atoms in total. The Hall–Kier alpha value is -2.36. The number of H-pyrrole nitrogens is 1. The van der Waals surface area contributed by atoms with Crippen molar-refractivity contribution in [1.82, 2.24) is 14.2 Å². The fraction of sp³-hybridized carbons (Fsp3) is 0.333. The Morgan fingerprint density at radius 1 is 1.21 bits per heavy atom. The number of nitrogens with one attached hydrogen (secondary N) is 2. The summed E-state index contributed by atoms with van der Waals surface area (Å²) in [6.07, 6.45) is 3.17. The van der Waals surface area contributed by atoms with Gasteiger partial charge < -0.3 is 15.2 Å². The lowest BCUT2D eigenvalue weighted by Gasteiger charge is -2.16. The van der Waals surface area contributed by atoms with Crippen molar-refractivity contribution in [1.29, 1.82) is 0 Å². The maximum Gasteiger partial charge on any atom is 0.270 e. The number of amides is 2. The number of anilines is 1. The van der Waals surface area contributed by atoms with Gasteiger partial charge in [0.2, 0.25) is 15.9 Å². The highest BCUT2D eigenvalue weighted by Gasteiger charge is 2.27. The third-order valence-electron chi connectivity index (χ3n) is 4.48. The number of carbonyl (C=O) groups excluding carboxylic acids is 2. The van der Waals surface area contributed by atoms with E-state index in [4.69, 9.17) is 11.6 Å². The van der Waals surface area contributed by atoms with E-state index < -0.39 is 15.9 Å². The Labute approximate surface area is 168 Å². The molecule has 2 N–H and O–H groups in total. The van der Waals surface area contributed by atoms with Gasteiger partial charge in [-0.1, -0.05) is 11.6 Å². The molecule has 0 unspecified atom stereocenters. The van der Waals surface area contributed by atoms with Crippen LogP contribution in [0, 0.1) is 0 Å². The number of rotatable bonds is 6. The van der Waals surface area contributed by atoms with Crippen molar-refractivity contribution >= 4 is 39.1 Å². The van der Waals surface area contributed by atoms with Crippen molar-refractivity contribution in [3.63, 3.8) is 0 Å². The van der Waals surface area contributed by atoms with Crippen molar-refractivity contribution in [3.8, 4) is 0 Å². The number of aromatic nitrogens is 1. The molecule has 0 radical (unpaired) electrons. The zero-order valence-electron chi connectivity index (χ0n) is 15.3. The Kier molecular flexibility index (Phi) is 6.07. The van der Waals surface area contributed by atoms with Crippen LogP contribution in [0.25, 0.3) is 0 Å². The summed E-state index contributed by atoms with van der Waals surface area (Å²) in [5.41, 5.74) is 0.736. The molecule has 1 saturated heterocycles. The predicted octanol–water partition coefficient (Wildman–Crippen LogP) is 2.16. The first-order valence-electron chi connectivity index (χ1n) is 8.77. The van der Waals surface area contributed by atoms with Crippen molar-refractivity contribution in [2.24, 2.45) is 0 Å². The SMILES string of the molecule is CN(CC(=O)Nc1ccc(Cl)cc1)S(=O)(=O)c1c[nH]c(C(=O)N2CCCC2)c1. The molecule has 0 aliphatic carbocycles. The number of hydrogen-bond donors (Lipinski definition) is 2. The average molecular weight is 425 g/mol. The number of likely N-dealkylation sites (N-methyl/N-ethyl adjacent to an activating group) is 1. The highest BCUT2D eigenvalue weighted by Crippen LogP contribution is 2.19. The second-order valence-corrected chi connectivity index (χ2v) is 9.05. The number of nitrogens with zero attached hydrogens (tertiary/aromatic N) is 2. The number of hydrogen-bond acceptors (Lipinski definition) is 4. The first kappa shape index (κ1) is 20.4. The standard InChI is InChI=1S/C18H21ClN4O4S/c1-22(12-17(24)21-14-6-4-13(19)5-7-14)28(26,27)15-10-16(20-11-15)18(25)23-8-2-3-9-23/h4-7,10-11,20H,2-3,8-9,12H2,1H3,(H,21,24). The molecule has 0 atom stereocenters. The molecule has 2 heterocycles. The molecule has 1 aromatic carbocycles. The monoisotopic (exact) mass is 424 g/mol. The molecule has 28 heavy (non-hydrogen) atoms. The van der Waals surface area contributed by atoms with E-state index in [9.17, 15) is 18.0 Å². The van der Waals surface area contributed by atoms with Crippen molar-refractivity contribution in [3.05, 3.63) is 47.2 Å². The van der Waals surface area contributed by atoms with Crippen LogP contribution in [0.15, 0.2) is 41.4 Å². The summed E-state index contributed by atoms with van der Waals surface area (Å²) < 4.78 is 26.3. The van der Waals surface area contributed by atoms with E-state index in [1.165, 1.54) is 19.3 Å². The number of carbonyl (C=O) groups is 2. The lowest BCUT2D eigenvalue weighted by molar-refractivity contribution is -0.116. The van der Waals surface area contributed by atoms with E-state index >= 15 is 0 Å². The number of sulfonamides is 1. The number of likely N-dealkylation sites (tertiary alicyclic amines) is 1. The molecule has 10 heteroatoms. The third-order valence-corrected chi connectivity index (χ3v) is 6.52. The van der Waals surface area contributed by atoms with Crippen molar-refractivity contribution in [2.75, 3.05) is 32.0 Å². The normalized spacial score (nSPS) is 14.5. The highest BCUT2D eigenvalue weighted by atomic mass is 35.5. The number of aromatic amines is 1. The Morgan fingerprint density at radius 3 is 2.50 bits per heavy atom. The molecule has 0 bridgehead atoms. The summed E-state index contributed by atoms with van der Waals surface area (Å²) in [5.74, 6) is -0.709. The van der Waals surface area contributed by atoms with Crippen molar-refractivity contribution < 1.29 is 18.0 Å². The quantitative estimate of drug-likeness (QED) is 0.741. The largest absolute Gasteiger partial charge is 0.356 e. The second-order valence-electron chi connectivity index (χ2n) is 6.56. The van der Waals surface area contributed by atoms with Gasteiger partial charge in [-0.2, -0.15) is 4.31 Å². The van der Waals surface area contributed by atoms with Gasteiger partial charge in [0.15, 0.2) is 0 Å². The Balaban J connectivity index is 1.65. The summed E-state index contributed by atoms with van der Waals surface area (Å²) in [6, 6.07) is 7.80. The first-order valence-corrected chi connectivity index (χ1v) is 10.6. The van der Waals surface area contributed by atoms with Crippen LogP contribution in [0.3, 0.4) is 0 Å². The van der Waals surface area contributed by atoms with E-state index in [2.05, 4.69) is 10.3 Å². The minimum absolute atomic E-state index is 0.0585. The van der Waals surface area contributed by atoms with E-state index in [-0.39, 0.29) is 23.0 Å². The molecule has 0 spiro atoms. The van der Waals surface area contributed by atoms with Crippen LogP contribution in [0.5, 0.6) is 0 Å². The van der Waals surface area contributed by atoms with Crippen LogP contribution >= 0.6 is 11.6 Å². The van der Waals surface area contributed by atoms with Crippen LogP contribution in [0.2, 0.25) is 5.02 Å². The lowest BCUT2D eigenvalue weighted by atomic mass is 10.3. The summed E-state index contributed by atoms with van der Waals surface area (Å²) in [7, 11) is -2.61. The smallest absolute Gasteiger partial charge is 0.270 e. The molecule has 150 valence electrons. The molecular weight excluding hydrogens is 404 g/mol. The first-order chi connectivity index (χ1) is 13.3. The Bertz CT molecular complexity index is 966. The van der Waals surface area contributed by atoms with Crippen molar-refractivity contribution in [2.45, 2.75) is 17.7 Å². The molecule has 1 aliphatic heterocycles. The van der Waals surface area contributed by atoms with Crippen LogP contribution < -0.4 is 5.32 Å². The van der Waals surface area contributed by atoms with Crippen LogP contribution in [-0.2, 0) is 14.8 Å². The maximum absolute atomic E-state index is 12.7. The predicted molar refractivity (Wildman–Crippen MR) is 106 cm³/mol. The molecule has 3 rings (SSSR count). The number of benzene rings is 1. The molecule has 1 aliphatic rings. The van der Waals surface area contributed by atoms with Gasteiger partial charge in [-0.15, -0.1) is 0 Å². The average Bonchev–Trinajstić information content (AvgIpc) is 3.35. The van der Waals surface area contributed by atoms with Gasteiger partial charge in [0.05, 0.1) is 6.54 Å². The molecule has 0 saturated carbocycles. The summed E-state index contributed by atoms with van der Waals surface area (Å²) in [6.45, 7) is 0.973. The van der Waals surface area contributed by atoms with Crippen LogP contribution in [0.1, 0.15) is 23.3 Å².